The van der Waals surface area contributed by atoms with Gasteiger partial charge in [0.25, 0.3) is 5.91 Å². The van der Waals surface area contributed by atoms with Crippen LogP contribution in [0, 0.1) is 5.92 Å². The number of nitrogens with one attached hydrogen (secondary N) is 1. The molecule has 3 saturated heterocycles. The first kappa shape index (κ1) is 14.9. The number of aromatic nitrogens is 1. The van der Waals surface area contributed by atoms with Crippen molar-refractivity contribution in [1.82, 2.24) is 15.2 Å². The molecule has 1 amide bonds. The van der Waals surface area contributed by atoms with Crippen LogP contribution in [0.15, 0.2) is 17.5 Å². The molecule has 3 fully saturated rings. The lowest BCUT2D eigenvalue weighted by Crippen LogP contribution is -2.62. The number of fused-ring (bicyclic) bond motifs is 4. The highest BCUT2D eigenvalue weighted by Crippen LogP contribution is 2.33. The average Bonchev–Trinajstić information content (AvgIpc) is 3.06. The van der Waals surface area contributed by atoms with E-state index in [9.17, 15) is 4.79 Å². The summed E-state index contributed by atoms with van der Waals surface area (Å²) in [5.74, 6) is 1.03. The minimum Gasteiger partial charge on any atom is -0.480 e. The fourth-order valence-corrected chi connectivity index (χ4v) is 4.82. The summed E-state index contributed by atoms with van der Waals surface area (Å²) in [5.41, 5.74) is 0.441. The maximum Gasteiger partial charge on any atom is 0.270 e. The molecule has 0 spiro atoms. The molecular formula is C17H21N3O2S. The Kier molecular flexibility index (Phi) is 3.73. The van der Waals surface area contributed by atoms with E-state index in [0.29, 0.717) is 23.5 Å². The molecule has 0 unspecified atom stereocenters. The largest absolute Gasteiger partial charge is 0.480 e. The molecule has 0 radical (unpaired) electrons. The minimum absolute atomic E-state index is 0.0954. The Morgan fingerprint density at radius 2 is 2.22 bits per heavy atom. The molecule has 5 rings (SSSR count). The van der Waals surface area contributed by atoms with E-state index in [0.717, 1.165) is 23.2 Å². The summed E-state index contributed by atoms with van der Waals surface area (Å²) in [4.78, 5) is 19.6. The van der Waals surface area contributed by atoms with Gasteiger partial charge in [-0.05, 0) is 56.3 Å². The quantitative estimate of drug-likeness (QED) is 0.939. The third kappa shape index (κ3) is 2.50. The van der Waals surface area contributed by atoms with Crippen molar-refractivity contribution in [3.63, 3.8) is 0 Å². The summed E-state index contributed by atoms with van der Waals surface area (Å²) in [7, 11) is 1.60. The van der Waals surface area contributed by atoms with Gasteiger partial charge < -0.3 is 10.1 Å². The smallest absolute Gasteiger partial charge is 0.270 e. The Morgan fingerprint density at radius 1 is 1.43 bits per heavy atom. The zero-order valence-electron chi connectivity index (χ0n) is 13.4. The minimum atomic E-state index is -0.0954. The standard InChI is InChI=1S/C17H21N3O2S/c1-10-14(11-3-6-20(10)7-4-11)19-16(21)13-9-12-5-8-23-15(12)17(18-13)22-2/h5,8-11,14H,3-4,6-7H2,1-2H3,(H,19,21)/t10-,14+/m1/s1. The van der Waals surface area contributed by atoms with Gasteiger partial charge in [-0.2, -0.15) is 0 Å². The van der Waals surface area contributed by atoms with Crippen LogP contribution in [0.25, 0.3) is 10.1 Å². The van der Waals surface area contributed by atoms with Crippen molar-refractivity contribution in [3.05, 3.63) is 23.2 Å². The number of pyridine rings is 1. The second-order valence-electron chi connectivity index (χ2n) is 6.47. The fraction of sp³-hybridized carbons (Fsp3) is 0.529. The summed E-state index contributed by atoms with van der Waals surface area (Å²) in [6.07, 6.45) is 2.35. The van der Waals surface area contributed by atoms with Gasteiger partial charge in [0.1, 0.15) is 5.69 Å². The Labute approximate surface area is 139 Å². The lowest BCUT2D eigenvalue weighted by atomic mass is 9.79. The average molecular weight is 331 g/mol. The fourth-order valence-electron chi connectivity index (χ4n) is 3.97. The summed E-state index contributed by atoms with van der Waals surface area (Å²) < 4.78 is 6.33. The van der Waals surface area contributed by atoms with Gasteiger partial charge in [-0.1, -0.05) is 0 Å². The topological polar surface area (TPSA) is 54.5 Å². The molecule has 2 atom stereocenters. The number of rotatable bonds is 3. The number of methoxy groups -OCH3 is 1. The van der Waals surface area contributed by atoms with Gasteiger partial charge in [0.15, 0.2) is 0 Å². The van der Waals surface area contributed by atoms with E-state index in [-0.39, 0.29) is 11.9 Å². The van der Waals surface area contributed by atoms with E-state index >= 15 is 0 Å². The Hall–Kier alpha value is -1.66. The molecule has 2 aromatic rings. The van der Waals surface area contributed by atoms with Gasteiger partial charge in [0, 0.05) is 17.5 Å². The van der Waals surface area contributed by atoms with Crippen LogP contribution in [0.1, 0.15) is 30.3 Å². The predicted molar refractivity (Wildman–Crippen MR) is 91.2 cm³/mol. The van der Waals surface area contributed by atoms with Gasteiger partial charge in [-0.15, -0.1) is 11.3 Å². The summed E-state index contributed by atoms with van der Waals surface area (Å²) in [6.45, 7) is 4.53. The van der Waals surface area contributed by atoms with Crippen LogP contribution in [0.5, 0.6) is 5.88 Å². The van der Waals surface area contributed by atoms with Gasteiger partial charge in [-0.3, -0.25) is 9.69 Å². The summed E-state index contributed by atoms with van der Waals surface area (Å²) >= 11 is 1.58. The predicted octanol–water partition coefficient (Wildman–Crippen LogP) is 2.52. The molecule has 122 valence electrons. The number of nitrogens with zero attached hydrogens (tertiary/aromatic N) is 2. The first-order chi connectivity index (χ1) is 11.2. The first-order valence-corrected chi connectivity index (χ1v) is 9.02. The molecule has 0 saturated carbocycles. The molecular weight excluding hydrogens is 310 g/mol. The van der Waals surface area contributed by atoms with Crippen molar-refractivity contribution in [1.29, 1.82) is 0 Å². The normalized spacial score (nSPS) is 29.7. The van der Waals surface area contributed by atoms with Crippen molar-refractivity contribution >= 4 is 27.3 Å². The van der Waals surface area contributed by atoms with Crippen LogP contribution in [0.4, 0.5) is 0 Å². The molecule has 23 heavy (non-hydrogen) atoms. The van der Waals surface area contributed by atoms with Crippen LogP contribution < -0.4 is 10.1 Å². The van der Waals surface area contributed by atoms with Crippen LogP contribution in [0.3, 0.4) is 0 Å². The molecule has 2 bridgehead atoms. The van der Waals surface area contributed by atoms with Crippen molar-refractivity contribution in [2.75, 3.05) is 20.2 Å². The number of hydrogen-bond acceptors (Lipinski definition) is 5. The van der Waals surface area contributed by atoms with Crippen LogP contribution in [-0.2, 0) is 0 Å². The third-order valence-electron chi connectivity index (χ3n) is 5.31. The van der Waals surface area contributed by atoms with E-state index in [2.05, 4.69) is 22.1 Å². The van der Waals surface area contributed by atoms with E-state index in [4.69, 9.17) is 4.74 Å². The molecule has 6 heteroatoms. The molecule has 5 nitrogen and oxygen atoms in total. The zero-order valence-corrected chi connectivity index (χ0v) is 14.2. The molecule has 0 aromatic carbocycles. The summed E-state index contributed by atoms with van der Waals surface area (Å²) in [5, 5.41) is 6.23. The second kappa shape index (κ2) is 5.76. The second-order valence-corrected chi connectivity index (χ2v) is 7.39. The molecule has 5 heterocycles. The van der Waals surface area contributed by atoms with Crippen LogP contribution in [0.2, 0.25) is 0 Å². The van der Waals surface area contributed by atoms with E-state index in [1.165, 1.54) is 12.8 Å². The number of hydrogen-bond donors (Lipinski definition) is 1. The lowest BCUT2D eigenvalue weighted by Gasteiger charge is -2.49. The lowest BCUT2D eigenvalue weighted by molar-refractivity contribution is 0.0216. The number of ether oxygens (including phenoxy) is 1. The number of piperidine rings is 3. The van der Waals surface area contributed by atoms with Crippen LogP contribution in [-0.4, -0.2) is 48.1 Å². The zero-order chi connectivity index (χ0) is 16.0. The molecule has 2 aromatic heterocycles. The third-order valence-corrected chi connectivity index (χ3v) is 6.22. The molecule has 3 aliphatic rings. The van der Waals surface area contributed by atoms with Crippen molar-refractivity contribution in [2.45, 2.75) is 31.8 Å². The molecule has 0 aliphatic carbocycles. The first-order valence-electron chi connectivity index (χ1n) is 8.14. The van der Waals surface area contributed by atoms with Crippen molar-refractivity contribution < 1.29 is 9.53 Å². The highest BCUT2D eigenvalue weighted by atomic mass is 32.1. The van der Waals surface area contributed by atoms with Crippen molar-refractivity contribution in [2.24, 2.45) is 5.92 Å². The van der Waals surface area contributed by atoms with Gasteiger partial charge in [0.2, 0.25) is 5.88 Å². The molecule has 3 aliphatic heterocycles. The maximum absolute atomic E-state index is 12.7. The Morgan fingerprint density at radius 3 is 2.91 bits per heavy atom. The highest BCUT2D eigenvalue weighted by molar-refractivity contribution is 7.17. The van der Waals surface area contributed by atoms with Gasteiger partial charge in [-0.25, -0.2) is 4.98 Å². The number of amides is 1. The Bertz CT molecular complexity index is 735. The number of thiophene rings is 1. The van der Waals surface area contributed by atoms with Crippen LogP contribution >= 0.6 is 11.3 Å². The van der Waals surface area contributed by atoms with Gasteiger partial charge in [0.05, 0.1) is 11.8 Å². The van der Waals surface area contributed by atoms with E-state index < -0.39 is 0 Å². The number of carbonyl (C=O) groups is 1. The Balaban J connectivity index is 1.59. The maximum atomic E-state index is 12.7. The van der Waals surface area contributed by atoms with Crippen molar-refractivity contribution in [3.8, 4) is 5.88 Å². The van der Waals surface area contributed by atoms with Gasteiger partial charge >= 0.3 is 0 Å². The SMILES string of the molecule is COc1nc(C(=O)N[C@@H]2C3CCN(CC3)[C@@H]2C)cc2ccsc12. The highest BCUT2D eigenvalue weighted by Gasteiger charge is 2.40. The monoisotopic (exact) mass is 331 g/mol. The van der Waals surface area contributed by atoms with E-state index in [1.807, 2.05) is 17.5 Å². The molecule has 1 N–H and O–H groups in total. The number of carbonyl (C=O) groups excluding carboxylic acids is 1. The van der Waals surface area contributed by atoms with E-state index in [1.54, 1.807) is 18.4 Å². The summed E-state index contributed by atoms with van der Waals surface area (Å²) in [6, 6.07) is 4.47.